The third kappa shape index (κ3) is 4.51. The number of hydrogen-bond donors (Lipinski definition) is 2. The normalized spacial score (nSPS) is 10.7. The van der Waals surface area contributed by atoms with Crippen LogP contribution >= 0.6 is 12.2 Å². The monoisotopic (exact) mass is 402 g/mol. The first-order valence-corrected chi connectivity index (χ1v) is 9.47. The Morgan fingerprint density at radius 2 is 1.96 bits per heavy atom. The first kappa shape index (κ1) is 19.9. The first-order chi connectivity index (χ1) is 13.6. The molecular formula is C20H23FN4O2S. The quantitative estimate of drug-likeness (QED) is 0.521. The fourth-order valence-corrected chi connectivity index (χ4v) is 3.05. The van der Waals surface area contributed by atoms with E-state index in [0.29, 0.717) is 28.4 Å². The van der Waals surface area contributed by atoms with Gasteiger partial charge in [0.25, 0.3) is 0 Å². The molecule has 2 N–H and O–H groups in total. The van der Waals surface area contributed by atoms with Crippen LogP contribution in [-0.2, 0) is 19.6 Å². The van der Waals surface area contributed by atoms with Crippen LogP contribution < -0.4 is 14.9 Å². The number of halogens is 1. The number of methoxy groups -OCH3 is 1. The fourth-order valence-electron chi connectivity index (χ4n) is 2.84. The lowest BCUT2D eigenvalue weighted by molar-refractivity contribution is 0.277. The molecule has 0 atom stereocenters. The number of aromatic nitrogens is 3. The minimum atomic E-state index is -0.300. The van der Waals surface area contributed by atoms with E-state index in [9.17, 15) is 4.39 Å². The Bertz CT molecular complexity index is 986. The van der Waals surface area contributed by atoms with E-state index in [1.54, 1.807) is 30.0 Å². The van der Waals surface area contributed by atoms with Gasteiger partial charge in [-0.15, -0.1) is 0 Å². The van der Waals surface area contributed by atoms with E-state index in [1.165, 1.54) is 6.07 Å². The van der Waals surface area contributed by atoms with Gasteiger partial charge in [0.2, 0.25) is 4.77 Å². The van der Waals surface area contributed by atoms with E-state index >= 15 is 0 Å². The van der Waals surface area contributed by atoms with Crippen LogP contribution in [0.1, 0.15) is 30.3 Å². The second-order valence-corrected chi connectivity index (χ2v) is 6.58. The van der Waals surface area contributed by atoms with Gasteiger partial charge in [-0.3, -0.25) is 5.10 Å². The highest BCUT2D eigenvalue weighted by Crippen LogP contribution is 2.32. The van der Waals surface area contributed by atoms with Crippen LogP contribution in [0.2, 0.25) is 0 Å². The molecule has 2 aromatic carbocycles. The third-order valence-corrected chi connectivity index (χ3v) is 4.53. The maximum Gasteiger partial charge on any atom is 0.214 e. The molecule has 6 nitrogen and oxygen atoms in total. The van der Waals surface area contributed by atoms with Gasteiger partial charge >= 0.3 is 0 Å². The minimum absolute atomic E-state index is 0.103. The zero-order valence-electron chi connectivity index (χ0n) is 15.9. The maximum absolute atomic E-state index is 13.9. The summed E-state index contributed by atoms with van der Waals surface area (Å²) in [7, 11) is 1.58. The van der Waals surface area contributed by atoms with Crippen molar-refractivity contribution < 1.29 is 13.9 Å². The fraction of sp³-hybridized carbons (Fsp3) is 0.300. The molecule has 3 rings (SSSR count). The van der Waals surface area contributed by atoms with Crippen molar-refractivity contribution in [2.24, 2.45) is 0 Å². The van der Waals surface area contributed by atoms with E-state index in [2.05, 4.69) is 22.5 Å². The van der Waals surface area contributed by atoms with Gasteiger partial charge in [-0.1, -0.05) is 37.3 Å². The van der Waals surface area contributed by atoms with E-state index in [0.717, 1.165) is 24.2 Å². The molecule has 0 saturated heterocycles. The molecule has 0 spiro atoms. The van der Waals surface area contributed by atoms with Gasteiger partial charge in [-0.25, -0.2) is 9.07 Å². The predicted octanol–water partition coefficient (Wildman–Crippen LogP) is 4.36. The summed E-state index contributed by atoms with van der Waals surface area (Å²) in [6.45, 7) is 2.62. The smallest absolute Gasteiger partial charge is 0.214 e. The maximum atomic E-state index is 13.9. The Morgan fingerprint density at radius 3 is 2.71 bits per heavy atom. The molecule has 0 fully saturated rings. The number of aryl methyl sites for hydroxylation is 1. The van der Waals surface area contributed by atoms with Gasteiger partial charge in [0.15, 0.2) is 17.3 Å². The zero-order chi connectivity index (χ0) is 19.9. The molecule has 0 radical (unpaired) electrons. The largest absolute Gasteiger partial charge is 0.493 e. The van der Waals surface area contributed by atoms with Gasteiger partial charge < -0.3 is 14.9 Å². The number of nitrogens with zero attached hydrogens (tertiary/aromatic N) is 2. The van der Waals surface area contributed by atoms with Crippen LogP contribution in [0.3, 0.4) is 0 Å². The van der Waals surface area contributed by atoms with Crippen LogP contribution in [0.15, 0.2) is 42.5 Å². The summed E-state index contributed by atoms with van der Waals surface area (Å²) in [6, 6.07) is 12.2. The van der Waals surface area contributed by atoms with Gasteiger partial charge in [0, 0.05) is 17.5 Å². The highest BCUT2D eigenvalue weighted by atomic mass is 32.1. The SMILES string of the molecule is CCCc1n[nH]c(=S)n1NCc1cccc(OC)c1OCc1ccccc1F. The molecule has 0 aliphatic heterocycles. The number of rotatable bonds is 9. The van der Waals surface area contributed by atoms with E-state index in [1.807, 2.05) is 18.2 Å². The summed E-state index contributed by atoms with van der Waals surface area (Å²) >= 11 is 5.30. The molecule has 8 heteroatoms. The van der Waals surface area contributed by atoms with Crippen LogP contribution in [0, 0.1) is 10.6 Å². The molecule has 1 aromatic heterocycles. The van der Waals surface area contributed by atoms with Crippen molar-refractivity contribution in [3.63, 3.8) is 0 Å². The standard InChI is InChI=1S/C20H23FN4O2S/c1-3-7-18-23-24-20(28)25(18)22-12-14-9-6-11-17(26-2)19(14)27-13-15-8-4-5-10-16(15)21/h4-6,8-11,22H,3,7,12-13H2,1-2H3,(H,24,28). The first-order valence-electron chi connectivity index (χ1n) is 9.06. The minimum Gasteiger partial charge on any atom is -0.493 e. The van der Waals surface area contributed by atoms with Gasteiger partial charge in [0.05, 0.1) is 13.7 Å². The second kappa shape index (κ2) is 9.36. The Kier molecular flexibility index (Phi) is 6.65. The zero-order valence-corrected chi connectivity index (χ0v) is 16.7. The van der Waals surface area contributed by atoms with Crippen LogP contribution in [0.25, 0.3) is 0 Å². The highest BCUT2D eigenvalue weighted by molar-refractivity contribution is 7.71. The number of aromatic amines is 1. The molecule has 0 unspecified atom stereocenters. The molecule has 148 valence electrons. The number of H-pyrrole nitrogens is 1. The molecule has 0 saturated carbocycles. The lowest BCUT2D eigenvalue weighted by Gasteiger charge is -2.17. The number of para-hydroxylation sites is 1. The van der Waals surface area contributed by atoms with Crippen molar-refractivity contribution in [2.75, 3.05) is 12.5 Å². The van der Waals surface area contributed by atoms with Crippen molar-refractivity contribution in [3.8, 4) is 11.5 Å². The van der Waals surface area contributed by atoms with Gasteiger partial charge in [-0.05, 0) is 30.8 Å². The lowest BCUT2D eigenvalue weighted by atomic mass is 10.1. The topological polar surface area (TPSA) is 64.1 Å². The summed E-state index contributed by atoms with van der Waals surface area (Å²) in [5.74, 6) is 1.68. The summed E-state index contributed by atoms with van der Waals surface area (Å²) in [6.07, 6.45) is 1.76. The average Bonchev–Trinajstić information content (AvgIpc) is 3.05. The van der Waals surface area contributed by atoms with Gasteiger partial charge in [0.1, 0.15) is 12.4 Å². The molecule has 3 aromatic rings. The predicted molar refractivity (Wildman–Crippen MR) is 108 cm³/mol. The van der Waals surface area contributed by atoms with E-state index < -0.39 is 0 Å². The number of benzene rings is 2. The summed E-state index contributed by atoms with van der Waals surface area (Å²) in [5, 5.41) is 7.05. The van der Waals surface area contributed by atoms with Crippen molar-refractivity contribution in [1.29, 1.82) is 0 Å². The summed E-state index contributed by atoms with van der Waals surface area (Å²) in [5.41, 5.74) is 4.62. The Morgan fingerprint density at radius 1 is 1.18 bits per heavy atom. The summed E-state index contributed by atoms with van der Waals surface area (Å²) < 4.78 is 27.6. The molecule has 28 heavy (non-hydrogen) atoms. The Hall–Kier alpha value is -2.87. The molecule has 0 amide bonds. The van der Waals surface area contributed by atoms with Crippen molar-refractivity contribution in [3.05, 3.63) is 70.0 Å². The van der Waals surface area contributed by atoms with Crippen molar-refractivity contribution in [1.82, 2.24) is 14.9 Å². The second-order valence-electron chi connectivity index (χ2n) is 6.19. The lowest BCUT2D eigenvalue weighted by Crippen LogP contribution is -2.18. The van der Waals surface area contributed by atoms with E-state index in [4.69, 9.17) is 21.7 Å². The molecule has 0 aliphatic rings. The molecular weight excluding hydrogens is 379 g/mol. The van der Waals surface area contributed by atoms with E-state index in [-0.39, 0.29) is 12.4 Å². The number of nitrogens with one attached hydrogen (secondary N) is 2. The molecule has 1 heterocycles. The van der Waals surface area contributed by atoms with Gasteiger partial charge in [-0.2, -0.15) is 5.10 Å². The Balaban J connectivity index is 1.81. The van der Waals surface area contributed by atoms with Crippen molar-refractivity contribution in [2.45, 2.75) is 32.9 Å². The third-order valence-electron chi connectivity index (χ3n) is 4.25. The van der Waals surface area contributed by atoms with Crippen molar-refractivity contribution >= 4 is 12.2 Å². The van der Waals surface area contributed by atoms with Crippen LogP contribution in [0.5, 0.6) is 11.5 Å². The molecule has 0 aliphatic carbocycles. The number of ether oxygens (including phenoxy) is 2. The van der Waals surface area contributed by atoms with Crippen LogP contribution in [0.4, 0.5) is 4.39 Å². The number of hydrogen-bond acceptors (Lipinski definition) is 5. The average molecular weight is 402 g/mol. The summed E-state index contributed by atoms with van der Waals surface area (Å²) in [4.78, 5) is 0. The van der Waals surface area contributed by atoms with Crippen LogP contribution in [-0.4, -0.2) is 22.0 Å². The Labute approximate surface area is 168 Å². The molecule has 0 bridgehead atoms. The highest BCUT2D eigenvalue weighted by Gasteiger charge is 2.13.